The van der Waals surface area contributed by atoms with Gasteiger partial charge in [0.05, 0.1) is 0 Å². The van der Waals surface area contributed by atoms with Crippen LogP contribution in [0.5, 0.6) is 0 Å². The highest BCUT2D eigenvalue weighted by Crippen LogP contribution is 2.49. The number of hydrogen-bond acceptors (Lipinski definition) is 1. The molecule has 1 aromatic rings. The quantitative estimate of drug-likeness (QED) is 0.861. The van der Waals surface area contributed by atoms with E-state index in [0.29, 0.717) is 0 Å². The second-order valence-corrected chi connectivity index (χ2v) is 5.70. The lowest BCUT2D eigenvalue weighted by atomic mass is 9.76. The summed E-state index contributed by atoms with van der Waals surface area (Å²) in [6.45, 7) is 4.48. The van der Waals surface area contributed by atoms with Crippen LogP contribution < -0.4 is 5.73 Å². The summed E-state index contributed by atoms with van der Waals surface area (Å²) >= 11 is 3.45. The molecule has 0 spiro atoms. The van der Waals surface area contributed by atoms with Crippen LogP contribution in [0, 0.1) is 0 Å². The van der Waals surface area contributed by atoms with Crippen molar-refractivity contribution in [2.45, 2.75) is 37.6 Å². The van der Waals surface area contributed by atoms with Gasteiger partial charge < -0.3 is 5.73 Å². The van der Waals surface area contributed by atoms with Crippen molar-refractivity contribution in [2.75, 3.05) is 0 Å². The SMILES string of the molecule is CC(C)(c1ccc(Br)cc1)C1(N)CC1. The fourth-order valence-electron chi connectivity index (χ4n) is 1.91. The first-order valence-electron chi connectivity index (χ1n) is 5.01. The van der Waals surface area contributed by atoms with Gasteiger partial charge in [0.15, 0.2) is 0 Å². The van der Waals surface area contributed by atoms with Crippen LogP contribution in [0.1, 0.15) is 32.3 Å². The van der Waals surface area contributed by atoms with Gasteiger partial charge in [0.25, 0.3) is 0 Å². The molecule has 1 aromatic carbocycles. The number of halogens is 1. The summed E-state index contributed by atoms with van der Waals surface area (Å²) < 4.78 is 1.12. The lowest BCUT2D eigenvalue weighted by molar-refractivity contribution is 0.391. The van der Waals surface area contributed by atoms with E-state index in [4.69, 9.17) is 5.73 Å². The van der Waals surface area contributed by atoms with Gasteiger partial charge in [-0.3, -0.25) is 0 Å². The van der Waals surface area contributed by atoms with Crippen LogP contribution in [0.4, 0.5) is 0 Å². The Bertz CT molecular complexity index is 336. The molecule has 0 bridgehead atoms. The molecule has 2 heteroatoms. The monoisotopic (exact) mass is 253 g/mol. The molecule has 0 radical (unpaired) electrons. The molecular weight excluding hydrogens is 238 g/mol. The predicted molar refractivity (Wildman–Crippen MR) is 63.3 cm³/mol. The Morgan fingerprint density at radius 2 is 1.71 bits per heavy atom. The molecule has 1 nitrogen and oxygen atoms in total. The molecule has 1 saturated carbocycles. The Morgan fingerprint density at radius 1 is 1.21 bits per heavy atom. The topological polar surface area (TPSA) is 26.0 Å². The van der Waals surface area contributed by atoms with Gasteiger partial charge in [0.2, 0.25) is 0 Å². The van der Waals surface area contributed by atoms with Crippen LogP contribution in [0.15, 0.2) is 28.7 Å². The van der Waals surface area contributed by atoms with Crippen LogP contribution >= 0.6 is 15.9 Å². The summed E-state index contributed by atoms with van der Waals surface area (Å²) in [6, 6.07) is 8.50. The molecule has 0 amide bonds. The van der Waals surface area contributed by atoms with Gasteiger partial charge in [0, 0.05) is 15.4 Å². The molecule has 0 unspecified atom stereocenters. The minimum Gasteiger partial charge on any atom is -0.324 e. The average Bonchev–Trinajstić information content (AvgIpc) is 2.86. The van der Waals surface area contributed by atoms with E-state index in [1.165, 1.54) is 5.56 Å². The molecule has 14 heavy (non-hydrogen) atoms. The van der Waals surface area contributed by atoms with Crippen molar-refractivity contribution in [1.29, 1.82) is 0 Å². The van der Waals surface area contributed by atoms with Crippen LogP contribution in [-0.2, 0) is 5.41 Å². The van der Waals surface area contributed by atoms with E-state index in [-0.39, 0.29) is 11.0 Å². The maximum absolute atomic E-state index is 6.28. The predicted octanol–water partition coefficient (Wildman–Crippen LogP) is 3.22. The number of rotatable bonds is 2. The van der Waals surface area contributed by atoms with Crippen molar-refractivity contribution in [3.63, 3.8) is 0 Å². The molecular formula is C12H16BrN. The zero-order chi connectivity index (χ0) is 10.4. The summed E-state index contributed by atoms with van der Waals surface area (Å²) in [6.07, 6.45) is 2.30. The van der Waals surface area contributed by atoms with Crippen molar-refractivity contribution in [3.05, 3.63) is 34.3 Å². The van der Waals surface area contributed by atoms with Crippen molar-refractivity contribution in [3.8, 4) is 0 Å². The van der Waals surface area contributed by atoms with Gasteiger partial charge in [-0.25, -0.2) is 0 Å². The maximum Gasteiger partial charge on any atom is 0.0248 e. The second kappa shape index (κ2) is 3.07. The number of hydrogen-bond donors (Lipinski definition) is 1. The van der Waals surface area contributed by atoms with E-state index in [2.05, 4.69) is 54.0 Å². The molecule has 0 aromatic heterocycles. The van der Waals surface area contributed by atoms with E-state index in [9.17, 15) is 0 Å². The molecule has 0 aliphatic heterocycles. The first kappa shape index (κ1) is 10.2. The maximum atomic E-state index is 6.28. The van der Waals surface area contributed by atoms with Crippen molar-refractivity contribution in [1.82, 2.24) is 0 Å². The van der Waals surface area contributed by atoms with E-state index in [1.54, 1.807) is 0 Å². The summed E-state index contributed by atoms with van der Waals surface area (Å²) in [4.78, 5) is 0. The third-order valence-corrected chi connectivity index (χ3v) is 4.13. The normalized spacial score (nSPS) is 19.4. The molecule has 0 atom stereocenters. The van der Waals surface area contributed by atoms with Gasteiger partial charge in [-0.15, -0.1) is 0 Å². The Balaban J connectivity index is 2.34. The second-order valence-electron chi connectivity index (χ2n) is 4.79. The van der Waals surface area contributed by atoms with Gasteiger partial charge in [0.1, 0.15) is 0 Å². The summed E-state index contributed by atoms with van der Waals surface area (Å²) in [5.41, 5.74) is 7.74. The lowest BCUT2D eigenvalue weighted by Gasteiger charge is -2.32. The van der Waals surface area contributed by atoms with Crippen LogP contribution in [-0.4, -0.2) is 5.54 Å². The van der Waals surface area contributed by atoms with Crippen molar-refractivity contribution >= 4 is 15.9 Å². The van der Waals surface area contributed by atoms with E-state index in [1.807, 2.05) is 0 Å². The van der Waals surface area contributed by atoms with Gasteiger partial charge in [-0.05, 0) is 30.5 Å². The number of benzene rings is 1. The minimum absolute atomic E-state index is 0.0286. The summed E-state index contributed by atoms with van der Waals surface area (Å²) in [7, 11) is 0. The molecule has 2 N–H and O–H groups in total. The molecule has 1 fully saturated rings. The molecule has 2 rings (SSSR count). The molecule has 1 aliphatic carbocycles. The highest BCUT2D eigenvalue weighted by atomic mass is 79.9. The zero-order valence-electron chi connectivity index (χ0n) is 8.68. The fraction of sp³-hybridized carbons (Fsp3) is 0.500. The first-order valence-corrected chi connectivity index (χ1v) is 5.80. The molecule has 0 saturated heterocycles. The third kappa shape index (κ3) is 1.51. The van der Waals surface area contributed by atoms with Crippen molar-refractivity contribution < 1.29 is 0 Å². The number of nitrogens with two attached hydrogens (primary N) is 1. The van der Waals surface area contributed by atoms with Gasteiger partial charge >= 0.3 is 0 Å². The van der Waals surface area contributed by atoms with Gasteiger partial charge in [-0.2, -0.15) is 0 Å². The summed E-state index contributed by atoms with van der Waals surface area (Å²) in [5.74, 6) is 0. The molecule has 76 valence electrons. The molecule has 1 aliphatic rings. The Labute approximate surface area is 93.8 Å². The van der Waals surface area contributed by atoms with E-state index < -0.39 is 0 Å². The summed E-state index contributed by atoms with van der Waals surface area (Å²) in [5, 5.41) is 0. The Morgan fingerprint density at radius 3 is 2.14 bits per heavy atom. The molecule has 0 heterocycles. The Kier molecular flexibility index (Phi) is 2.24. The van der Waals surface area contributed by atoms with Crippen LogP contribution in [0.2, 0.25) is 0 Å². The minimum atomic E-state index is 0.0286. The average molecular weight is 254 g/mol. The van der Waals surface area contributed by atoms with Crippen LogP contribution in [0.3, 0.4) is 0 Å². The standard InChI is InChI=1S/C12H16BrN/c1-11(2,12(14)7-8-12)9-3-5-10(13)6-4-9/h3-6H,7-8,14H2,1-2H3. The smallest absolute Gasteiger partial charge is 0.0248 e. The lowest BCUT2D eigenvalue weighted by Crippen LogP contribution is -2.43. The van der Waals surface area contributed by atoms with E-state index >= 15 is 0 Å². The van der Waals surface area contributed by atoms with Gasteiger partial charge in [-0.1, -0.05) is 41.9 Å². The largest absolute Gasteiger partial charge is 0.324 e. The first-order chi connectivity index (χ1) is 6.46. The van der Waals surface area contributed by atoms with Crippen LogP contribution in [0.25, 0.3) is 0 Å². The Hall–Kier alpha value is -0.340. The third-order valence-electron chi connectivity index (χ3n) is 3.60. The highest BCUT2D eigenvalue weighted by molar-refractivity contribution is 9.10. The fourth-order valence-corrected chi connectivity index (χ4v) is 2.18. The van der Waals surface area contributed by atoms with Crippen molar-refractivity contribution in [2.24, 2.45) is 5.73 Å². The highest BCUT2D eigenvalue weighted by Gasteiger charge is 2.51. The zero-order valence-corrected chi connectivity index (χ0v) is 10.3. The van der Waals surface area contributed by atoms with E-state index in [0.717, 1.165) is 17.3 Å².